The first-order chi connectivity index (χ1) is 17.6. The summed E-state index contributed by atoms with van der Waals surface area (Å²) < 4.78 is 19.1. The van der Waals surface area contributed by atoms with Crippen LogP contribution in [0.1, 0.15) is 50.3 Å². The summed E-state index contributed by atoms with van der Waals surface area (Å²) in [6.07, 6.45) is 4.92. The Morgan fingerprint density at radius 2 is 1.62 bits per heavy atom. The number of hydrogen-bond acceptors (Lipinski definition) is 5. The van der Waals surface area contributed by atoms with Gasteiger partial charge in [0, 0.05) is 29.3 Å². The standard InChI is InChI=1S/C29H30BBrN2O4/c1-28(2)29(3,4)37-30(36-28)20(13-19-14-21(31)17-32-15-19)16-33-27(34)35-18-26-24-11-7-5-9-22(24)23-10-6-8-12-25(23)26/h5-15,17,26H,16,18H2,1-4H3,(H,33,34). The molecule has 1 aliphatic carbocycles. The Morgan fingerprint density at radius 3 is 2.22 bits per heavy atom. The van der Waals surface area contributed by atoms with Crippen LogP contribution >= 0.6 is 15.9 Å². The van der Waals surface area contributed by atoms with Crippen LogP contribution in [0.5, 0.6) is 0 Å². The number of pyridine rings is 1. The quantitative estimate of drug-likeness (QED) is 0.353. The van der Waals surface area contributed by atoms with Crippen LogP contribution in [0.25, 0.3) is 17.2 Å². The maximum atomic E-state index is 12.8. The fourth-order valence-electron chi connectivity index (χ4n) is 4.74. The minimum absolute atomic E-state index is 0.00371. The molecule has 190 valence electrons. The summed E-state index contributed by atoms with van der Waals surface area (Å²) in [5.41, 5.74) is 5.38. The Balaban J connectivity index is 1.29. The lowest BCUT2D eigenvalue weighted by atomic mass is 9.77. The van der Waals surface area contributed by atoms with E-state index in [9.17, 15) is 4.79 Å². The van der Waals surface area contributed by atoms with Crippen LogP contribution in [0, 0.1) is 0 Å². The van der Waals surface area contributed by atoms with E-state index in [1.54, 1.807) is 12.4 Å². The van der Waals surface area contributed by atoms with E-state index in [4.69, 9.17) is 14.0 Å². The smallest absolute Gasteiger partial charge is 0.449 e. The second-order valence-electron chi connectivity index (χ2n) is 10.4. The van der Waals surface area contributed by atoms with Crippen LogP contribution in [-0.4, -0.2) is 42.5 Å². The second-order valence-corrected chi connectivity index (χ2v) is 11.3. The van der Waals surface area contributed by atoms with E-state index in [0.29, 0.717) is 0 Å². The van der Waals surface area contributed by atoms with Gasteiger partial charge in [-0.15, -0.1) is 0 Å². The highest BCUT2D eigenvalue weighted by molar-refractivity contribution is 9.10. The monoisotopic (exact) mass is 560 g/mol. The lowest BCUT2D eigenvalue weighted by Gasteiger charge is -2.32. The second kappa shape index (κ2) is 10.1. The van der Waals surface area contributed by atoms with Crippen molar-refractivity contribution in [1.29, 1.82) is 0 Å². The number of fused-ring (bicyclic) bond motifs is 3. The topological polar surface area (TPSA) is 69.7 Å². The summed E-state index contributed by atoms with van der Waals surface area (Å²) in [5, 5.41) is 2.90. The molecule has 1 aromatic heterocycles. The van der Waals surface area contributed by atoms with Crippen molar-refractivity contribution < 1.29 is 18.8 Å². The molecule has 0 spiro atoms. The van der Waals surface area contributed by atoms with Crippen molar-refractivity contribution in [3.63, 3.8) is 0 Å². The molecular weight excluding hydrogens is 531 g/mol. The highest BCUT2D eigenvalue weighted by Crippen LogP contribution is 2.44. The van der Waals surface area contributed by atoms with Gasteiger partial charge in [0.05, 0.1) is 11.2 Å². The van der Waals surface area contributed by atoms with Crippen molar-refractivity contribution in [3.05, 3.63) is 93.6 Å². The van der Waals surface area contributed by atoms with Gasteiger partial charge in [-0.3, -0.25) is 4.98 Å². The molecule has 0 unspecified atom stereocenters. The summed E-state index contributed by atoms with van der Waals surface area (Å²) >= 11 is 3.47. The number of ether oxygens (including phenoxy) is 1. The molecule has 1 N–H and O–H groups in total. The molecule has 1 saturated heterocycles. The van der Waals surface area contributed by atoms with Gasteiger partial charge in [-0.2, -0.15) is 0 Å². The number of rotatable bonds is 6. The number of benzene rings is 2. The van der Waals surface area contributed by atoms with E-state index in [1.807, 2.05) is 64.1 Å². The molecule has 0 saturated carbocycles. The van der Waals surface area contributed by atoms with Crippen molar-refractivity contribution >= 4 is 35.2 Å². The third-order valence-corrected chi connectivity index (χ3v) is 7.85. The molecule has 8 heteroatoms. The number of carbonyl (C=O) groups excluding carboxylic acids is 1. The zero-order valence-corrected chi connectivity index (χ0v) is 23.0. The van der Waals surface area contributed by atoms with Gasteiger partial charge in [-0.05, 0) is 83.0 Å². The summed E-state index contributed by atoms with van der Waals surface area (Å²) in [6, 6.07) is 18.5. The molecule has 1 aliphatic heterocycles. The average Bonchev–Trinajstić information content (AvgIpc) is 3.29. The Kier molecular flexibility index (Phi) is 7.00. The molecule has 1 fully saturated rings. The van der Waals surface area contributed by atoms with Gasteiger partial charge in [-0.1, -0.05) is 54.6 Å². The molecule has 2 heterocycles. The van der Waals surface area contributed by atoms with Crippen LogP contribution in [0.4, 0.5) is 4.79 Å². The normalized spacial score (nSPS) is 17.9. The maximum Gasteiger partial charge on any atom is 0.492 e. The molecule has 1 amide bonds. The first-order valence-electron chi connectivity index (χ1n) is 12.4. The lowest BCUT2D eigenvalue weighted by Crippen LogP contribution is -2.41. The van der Waals surface area contributed by atoms with Crippen LogP contribution in [-0.2, 0) is 14.0 Å². The highest BCUT2D eigenvalue weighted by Gasteiger charge is 2.52. The number of amides is 1. The van der Waals surface area contributed by atoms with E-state index in [0.717, 1.165) is 15.5 Å². The Labute approximate surface area is 226 Å². The molecule has 2 aromatic carbocycles. The molecule has 2 aliphatic rings. The van der Waals surface area contributed by atoms with Gasteiger partial charge in [0.2, 0.25) is 0 Å². The van der Waals surface area contributed by atoms with Gasteiger partial charge in [-0.25, -0.2) is 4.79 Å². The van der Waals surface area contributed by atoms with Crippen molar-refractivity contribution in [2.24, 2.45) is 0 Å². The average molecular weight is 561 g/mol. The fraction of sp³-hybridized carbons (Fsp3) is 0.310. The SMILES string of the molecule is CC1(C)OB(C(=Cc2cncc(Br)c2)CNC(=O)OCC2c3ccccc3-c3ccccc32)OC1(C)C. The molecule has 3 aromatic rings. The van der Waals surface area contributed by atoms with Crippen molar-refractivity contribution in [1.82, 2.24) is 10.3 Å². The molecule has 37 heavy (non-hydrogen) atoms. The Hall–Kier alpha value is -2.94. The van der Waals surface area contributed by atoms with Crippen LogP contribution in [0.15, 0.2) is 76.9 Å². The number of alkyl carbamates (subject to hydrolysis) is 1. The number of hydrogen-bond donors (Lipinski definition) is 1. The summed E-state index contributed by atoms with van der Waals surface area (Å²) in [6.45, 7) is 8.48. The van der Waals surface area contributed by atoms with Crippen LogP contribution in [0.2, 0.25) is 0 Å². The van der Waals surface area contributed by atoms with E-state index in [1.165, 1.54) is 22.3 Å². The zero-order valence-electron chi connectivity index (χ0n) is 21.5. The van der Waals surface area contributed by atoms with E-state index >= 15 is 0 Å². The third kappa shape index (κ3) is 5.24. The third-order valence-electron chi connectivity index (χ3n) is 7.41. The Morgan fingerprint density at radius 1 is 1.03 bits per heavy atom. The number of carbonyl (C=O) groups is 1. The predicted octanol–water partition coefficient (Wildman–Crippen LogP) is 6.40. The van der Waals surface area contributed by atoms with Gasteiger partial charge < -0.3 is 19.4 Å². The molecule has 0 radical (unpaired) electrons. The van der Waals surface area contributed by atoms with Gasteiger partial charge in [0.1, 0.15) is 6.61 Å². The number of aromatic nitrogens is 1. The van der Waals surface area contributed by atoms with Gasteiger partial charge in [0.15, 0.2) is 0 Å². The molecule has 5 rings (SSSR count). The molecular formula is C29H30BBrN2O4. The molecule has 6 nitrogen and oxygen atoms in total. The summed E-state index contributed by atoms with van der Waals surface area (Å²) in [5.74, 6) is 0.00371. The minimum atomic E-state index is -0.613. The minimum Gasteiger partial charge on any atom is -0.449 e. The van der Waals surface area contributed by atoms with Gasteiger partial charge >= 0.3 is 13.2 Å². The van der Waals surface area contributed by atoms with Gasteiger partial charge in [0.25, 0.3) is 0 Å². The predicted molar refractivity (Wildman–Crippen MR) is 149 cm³/mol. The lowest BCUT2D eigenvalue weighted by molar-refractivity contribution is 0.00578. The molecule has 0 atom stereocenters. The first kappa shape index (κ1) is 25.7. The fourth-order valence-corrected chi connectivity index (χ4v) is 5.12. The zero-order chi connectivity index (χ0) is 26.2. The van der Waals surface area contributed by atoms with Crippen molar-refractivity contribution in [3.8, 4) is 11.1 Å². The van der Waals surface area contributed by atoms with Crippen LogP contribution in [0.3, 0.4) is 0 Å². The van der Waals surface area contributed by atoms with E-state index in [-0.39, 0.29) is 19.1 Å². The number of nitrogens with zero attached hydrogens (tertiary/aromatic N) is 1. The van der Waals surface area contributed by atoms with E-state index in [2.05, 4.69) is 50.5 Å². The Bertz CT molecular complexity index is 1300. The summed E-state index contributed by atoms with van der Waals surface area (Å²) in [4.78, 5) is 17.1. The molecule has 0 bridgehead atoms. The highest BCUT2D eigenvalue weighted by atomic mass is 79.9. The maximum absolute atomic E-state index is 12.8. The van der Waals surface area contributed by atoms with Crippen molar-refractivity contribution in [2.75, 3.05) is 13.2 Å². The summed E-state index contributed by atoms with van der Waals surface area (Å²) in [7, 11) is -0.613. The van der Waals surface area contributed by atoms with Crippen LogP contribution < -0.4 is 5.32 Å². The van der Waals surface area contributed by atoms with Crippen molar-refractivity contribution in [2.45, 2.75) is 44.8 Å². The largest absolute Gasteiger partial charge is 0.492 e. The first-order valence-corrected chi connectivity index (χ1v) is 13.2. The van der Waals surface area contributed by atoms with E-state index < -0.39 is 24.4 Å². The number of nitrogens with one attached hydrogen (secondary N) is 1. The number of halogens is 1.